The van der Waals surface area contributed by atoms with Crippen LogP contribution in [0.5, 0.6) is 0 Å². The molecule has 0 amide bonds. The van der Waals surface area contributed by atoms with Crippen molar-refractivity contribution in [3.8, 4) is 0 Å². The van der Waals surface area contributed by atoms with Gasteiger partial charge in [-0.25, -0.2) is 9.18 Å². The van der Waals surface area contributed by atoms with Gasteiger partial charge in [-0.2, -0.15) is 0 Å². The van der Waals surface area contributed by atoms with Crippen LogP contribution in [0, 0.1) is 0 Å². The van der Waals surface area contributed by atoms with E-state index in [0.29, 0.717) is 0 Å². The number of aliphatic carboxylic acids is 1. The van der Waals surface area contributed by atoms with Crippen molar-refractivity contribution in [2.24, 2.45) is 0 Å². The number of rotatable bonds is 4. The number of Topliss-reactive ketones (excluding diaryl/α,β-unsaturated/α-hetero) is 1. The first-order valence-corrected chi connectivity index (χ1v) is 4.39. The molecule has 0 aliphatic rings. The summed E-state index contributed by atoms with van der Waals surface area (Å²) in [7, 11) is 0. The molecule has 1 heterocycles. The Morgan fingerprint density at radius 3 is 2.31 bits per heavy atom. The SMILES string of the molecule is CCC(=O)C(F)(C(=O)O)c1ccncc1.Cl. The Kier molecular flexibility index (Phi) is 5.04. The molecule has 0 saturated heterocycles. The molecule has 1 N–H and O–H groups in total. The van der Waals surface area contributed by atoms with Crippen LogP contribution in [-0.2, 0) is 15.3 Å². The zero-order valence-electron chi connectivity index (χ0n) is 8.51. The minimum atomic E-state index is -2.96. The second-order valence-electron chi connectivity index (χ2n) is 2.98. The van der Waals surface area contributed by atoms with Crippen molar-refractivity contribution >= 4 is 24.2 Å². The lowest BCUT2D eigenvalue weighted by Crippen LogP contribution is -2.39. The summed E-state index contributed by atoms with van der Waals surface area (Å²) < 4.78 is 14.1. The van der Waals surface area contributed by atoms with Crippen LogP contribution >= 0.6 is 12.4 Å². The molecule has 0 aliphatic carbocycles. The van der Waals surface area contributed by atoms with E-state index in [0.717, 1.165) is 0 Å². The largest absolute Gasteiger partial charge is 0.478 e. The third kappa shape index (κ3) is 2.36. The third-order valence-corrected chi connectivity index (χ3v) is 2.08. The fraction of sp³-hybridized carbons (Fsp3) is 0.300. The first-order valence-electron chi connectivity index (χ1n) is 4.39. The summed E-state index contributed by atoms with van der Waals surface area (Å²) in [5.41, 5.74) is -3.16. The zero-order valence-corrected chi connectivity index (χ0v) is 9.33. The highest BCUT2D eigenvalue weighted by Gasteiger charge is 2.47. The number of alkyl halides is 1. The van der Waals surface area contributed by atoms with Crippen LogP contribution < -0.4 is 0 Å². The molecular formula is C10H11ClFNO3. The Bertz CT molecular complexity index is 385. The van der Waals surface area contributed by atoms with E-state index in [2.05, 4.69) is 4.98 Å². The lowest BCUT2D eigenvalue weighted by molar-refractivity contribution is -0.158. The summed E-state index contributed by atoms with van der Waals surface area (Å²) in [6, 6.07) is 2.36. The highest BCUT2D eigenvalue weighted by Crippen LogP contribution is 2.28. The fourth-order valence-electron chi connectivity index (χ4n) is 1.23. The molecule has 0 spiro atoms. The van der Waals surface area contributed by atoms with Gasteiger partial charge >= 0.3 is 5.97 Å². The second kappa shape index (κ2) is 5.55. The number of aromatic nitrogens is 1. The third-order valence-electron chi connectivity index (χ3n) is 2.08. The number of nitrogens with zero attached hydrogens (tertiary/aromatic N) is 1. The molecule has 88 valence electrons. The molecule has 0 bridgehead atoms. The van der Waals surface area contributed by atoms with Crippen LogP contribution in [0.2, 0.25) is 0 Å². The Morgan fingerprint density at radius 2 is 1.94 bits per heavy atom. The maximum atomic E-state index is 14.1. The fourth-order valence-corrected chi connectivity index (χ4v) is 1.23. The van der Waals surface area contributed by atoms with Crippen molar-refractivity contribution in [3.05, 3.63) is 30.1 Å². The van der Waals surface area contributed by atoms with E-state index in [1.54, 1.807) is 0 Å². The molecular weight excluding hydrogens is 237 g/mol. The van der Waals surface area contributed by atoms with Gasteiger partial charge in [0.15, 0.2) is 5.78 Å². The van der Waals surface area contributed by atoms with E-state index in [1.165, 1.54) is 31.5 Å². The van der Waals surface area contributed by atoms with Crippen LogP contribution in [-0.4, -0.2) is 21.8 Å². The predicted octanol–water partition coefficient (Wildman–Crippen LogP) is 1.73. The Hall–Kier alpha value is -1.49. The molecule has 1 atom stereocenters. The van der Waals surface area contributed by atoms with E-state index in [9.17, 15) is 14.0 Å². The molecule has 4 nitrogen and oxygen atoms in total. The van der Waals surface area contributed by atoms with Gasteiger partial charge in [-0.15, -0.1) is 12.4 Å². The van der Waals surface area contributed by atoms with Crippen molar-refractivity contribution in [3.63, 3.8) is 0 Å². The maximum absolute atomic E-state index is 14.1. The van der Waals surface area contributed by atoms with E-state index < -0.39 is 17.4 Å². The number of pyridine rings is 1. The minimum absolute atomic E-state index is 0. The Balaban J connectivity index is 0.00000225. The molecule has 0 saturated carbocycles. The summed E-state index contributed by atoms with van der Waals surface area (Å²) in [6.45, 7) is 1.42. The highest BCUT2D eigenvalue weighted by atomic mass is 35.5. The molecule has 6 heteroatoms. The average molecular weight is 248 g/mol. The number of carbonyl (C=O) groups excluding carboxylic acids is 1. The number of ketones is 1. The van der Waals surface area contributed by atoms with Gasteiger partial charge in [-0.1, -0.05) is 6.92 Å². The van der Waals surface area contributed by atoms with Gasteiger partial charge in [-0.05, 0) is 12.1 Å². The van der Waals surface area contributed by atoms with Gasteiger partial charge in [0.05, 0.1) is 0 Å². The molecule has 0 radical (unpaired) electrons. The topological polar surface area (TPSA) is 67.3 Å². The maximum Gasteiger partial charge on any atom is 0.354 e. The van der Waals surface area contributed by atoms with Crippen molar-refractivity contribution in [1.29, 1.82) is 0 Å². The van der Waals surface area contributed by atoms with Crippen molar-refractivity contribution < 1.29 is 19.1 Å². The molecule has 1 aromatic heterocycles. The van der Waals surface area contributed by atoms with Gasteiger partial charge in [0, 0.05) is 24.4 Å². The first-order chi connectivity index (χ1) is 7.03. The van der Waals surface area contributed by atoms with Crippen molar-refractivity contribution in [2.75, 3.05) is 0 Å². The quantitative estimate of drug-likeness (QED) is 0.823. The van der Waals surface area contributed by atoms with E-state index in [4.69, 9.17) is 5.11 Å². The molecule has 0 aliphatic heterocycles. The predicted molar refractivity (Wildman–Crippen MR) is 57.2 cm³/mol. The average Bonchev–Trinajstić information content (AvgIpc) is 2.27. The number of hydrogen-bond donors (Lipinski definition) is 1. The molecule has 1 rings (SSSR count). The second-order valence-corrected chi connectivity index (χ2v) is 2.98. The number of halogens is 2. The lowest BCUT2D eigenvalue weighted by atomic mass is 9.91. The number of carboxylic acids is 1. The minimum Gasteiger partial charge on any atom is -0.478 e. The Morgan fingerprint density at radius 1 is 1.44 bits per heavy atom. The summed E-state index contributed by atoms with van der Waals surface area (Å²) in [6.07, 6.45) is 2.32. The molecule has 0 fully saturated rings. The van der Waals surface area contributed by atoms with Gasteiger partial charge in [0.25, 0.3) is 5.67 Å². The van der Waals surface area contributed by atoms with Gasteiger partial charge in [0.2, 0.25) is 0 Å². The van der Waals surface area contributed by atoms with Crippen LogP contribution in [0.1, 0.15) is 18.9 Å². The van der Waals surface area contributed by atoms with E-state index in [1.807, 2.05) is 0 Å². The van der Waals surface area contributed by atoms with Crippen LogP contribution in [0.4, 0.5) is 4.39 Å². The smallest absolute Gasteiger partial charge is 0.354 e. The van der Waals surface area contributed by atoms with Gasteiger partial charge in [-0.3, -0.25) is 9.78 Å². The molecule has 16 heavy (non-hydrogen) atoms. The van der Waals surface area contributed by atoms with Crippen molar-refractivity contribution in [1.82, 2.24) is 4.98 Å². The summed E-state index contributed by atoms with van der Waals surface area (Å²) >= 11 is 0. The van der Waals surface area contributed by atoms with Crippen LogP contribution in [0.25, 0.3) is 0 Å². The number of hydrogen-bond acceptors (Lipinski definition) is 3. The lowest BCUT2D eigenvalue weighted by Gasteiger charge is -2.18. The molecule has 1 unspecified atom stereocenters. The summed E-state index contributed by atoms with van der Waals surface area (Å²) in [5, 5.41) is 8.77. The summed E-state index contributed by atoms with van der Waals surface area (Å²) in [5.74, 6) is -2.76. The number of carbonyl (C=O) groups is 2. The molecule has 1 aromatic rings. The van der Waals surface area contributed by atoms with Gasteiger partial charge < -0.3 is 5.11 Å². The van der Waals surface area contributed by atoms with E-state index in [-0.39, 0.29) is 24.4 Å². The van der Waals surface area contributed by atoms with Gasteiger partial charge in [0.1, 0.15) is 0 Å². The standard InChI is InChI=1S/C10H10FNO3.ClH/c1-2-8(13)10(11,9(14)15)7-3-5-12-6-4-7;/h3-6H,2H2,1H3,(H,14,15);1H. The zero-order chi connectivity index (χ0) is 11.5. The van der Waals surface area contributed by atoms with Crippen LogP contribution in [0.15, 0.2) is 24.5 Å². The summed E-state index contributed by atoms with van der Waals surface area (Å²) in [4.78, 5) is 25.7. The van der Waals surface area contributed by atoms with Crippen LogP contribution in [0.3, 0.4) is 0 Å². The molecule has 0 aromatic carbocycles. The van der Waals surface area contributed by atoms with E-state index >= 15 is 0 Å². The monoisotopic (exact) mass is 247 g/mol. The normalized spacial score (nSPS) is 13.4. The Labute approximate surface area is 97.9 Å². The number of carboxylic acid groups (broad SMARTS) is 1. The highest BCUT2D eigenvalue weighted by molar-refractivity contribution is 6.06. The van der Waals surface area contributed by atoms with Crippen molar-refractivity contribution in [2.45, 2.75) is 19.0 Å². The first kappa shape index (κ1) is 14.5.